The van der Waals surface area contributed by atoms with Crippen LogP contribution in [0.15, 0.2) is 42.6 Å². The number of nitrogens with zero attached hydrogens (tertiary/aromatic N) is 3. The summed E-state index contributed by atoms with van der Waals surface area (Å²) >= 11 is 0. The molecule has 0 N–H and O–H groups in total. The summed E-state index contributed by atoms with van der Waals surface area (Å²) in [5.74, 6) is 1.33. The fourth-order valence-corrected chi connectivity index (χ4v) is 3.47. The highest BCUT2D eigenvalue weighted by atomic mass is 16.5. The number of morpholine rings is 1. The SMILES string of the molecule is COc1cc2nncc(N3CCOC(c4ccc(C)cc4)C3)c2cc1OC. The Morgan fingerprint density at radius 3 is 2.56 bits per heavy atom. The second kappa shape index (κ2) is 7.40. The van der Waals surface area contributed by atoms with E-state index in [1.165, 1.54) is 11.1 Å². The first-order valence-corrected chi connectivity index (χ1v) is 9.00. The highest BCUT2D eigenvalue weighted by Gasteiger charge is 2.24. The van der Waals surface area contributed by atoms with Gasteiger partial charge in [-0.05, 0) is 18.6 Å². The fourth-order valence-electron chi connectivity index (χ4n) is 3.47. The van der Waals surface area contributed by atoms with E-state index in [1.54, 1.807) is 14.2 Å². The van der Waals surface area contributed by atoms with Crippen LogP contribution >= 0.6 is 0 Å². The van der Waals surface area contributed by atoms with Gasteiger partial charge in [-0.15, -0.1) is 0 Å². The van der Waals surface area contributed by atoms with E-state index in [9.17, 15) is 0 Å². The molecule has 1 saturated heterocycles. The number of rotatable bonds is 4. The summed E-state index contributed by atoms with van der Waals surface area (Å²) in [6.07, 6.45) is 1.84. The molecule has 0 bridgehead atoms. The highest BCUT2D eigenvalue weighted by Crippen LogP contribution is 2.36. The molecule has 1 aliphatic heterocycles. The van der Waals surface area contributed by atoms with E-state index in [2.05, 4.69) is 46.3 Å². The Kier molecular flexibility index (Phi) is 4.81. The standard InChI is InChI=1S/C21H23N3O3/c1-14-4-6-15(7-5-14)21-13-24(8-9-27-21)18-12-22-23-17-11-20(26-3)19(25-2)10-16(17)18/h4-7,10-12,21H,8-9,13H2,1-3H3. The summed E-state index contributed by atoms with van der Waals surface area (Å²) in [5.41, 5.74) is 4.25. The van der Waals surface area contributed by atoms with Gasteiger partial charge in [-0.2, -0.15) is 10.2 Å². The molecule has 6 nitrogen and oxygen atoms in total. The van der Waals surface area contributed by atoms with E-state index in [4.69, 9.17) is 14.2 Å². The van der Waals surface area contributed by atoms with Crippen molar-refractivity contribution in [2.45, 2.75) is 13.0 Å². The molecular weight excluding hydrogens is 342 g/mol. The summed E-state index contributed by atoms with van der Waals surface area (Å²) in [7, 11) is 3.26. The van der Waals surface area contributed by atoms with Crippen LogP contribution in [0.4, 0.5) is 5.69 Å². The van der Waals surface area contributed by atoms with Crippen molar-refractivity contribution in [3.63, 3.8) is 0 Å². The van der Waals surface area contributed by atoms with Crippen LogP contribution in [0.3, 0.4) is 0 Å². The normalized spacial score (nSPS) is 17.1. The van der Waals surface area contributed by atoms with Crippen LogP contribution in [0.2, 0.25) is 0 Å². The Morgan fingerprint density at radius 1 is 1.07 bits per heavy atom. The highest BCUT2D eigenvalue weighted by molar-refractivity contribution is 5.93. The predicted molar refractivity (Wildman–Crippen MR) is 105 cm³/mol. The number of methoxy groups -OCH3 is 2. The maximum atomic E-state index is 6.03. The number of aromatic nitrogens is 2. The van der Waals surface area contributed by atoms with Gasteiger partial charge in [-0.1, -0.05) is 29.8 Å². The molecule has 6 heteroatoms. The molecule has 1 fully saturated rings. The Bertz CT molecular complexity index is 943. The average molecular weight is 365 g/mol. The van der Waals surface area contributed by atoms with Crippen molar-refractivity contribution in [1.82, 2.24) is 10.2 Å². The van der Waals surface area contributed by atoms with Crippen molar-refractivity contribution in [1.29, 1.82) is 0 Å². The Morgan fingerprint density at radius 2 is 1.81 bits per heavy atom. The van der Waals surface area contributed by atoms with Gasteiger partial charge in [-0.25, -0.2) is 0 Å². The van der Waals surface area contributed by atoms with Crippen molar-refractivity contribution in [2.75, 3.05) is 38.8 Å². The molecular formula is C21H23N3O3. The molecule has 1 aromatic heterocycles. The number of hydrogen-bond donors (Lipinski definition) is 0. The lowest BCUT2D eigenvalue weighted by Gasteiger charge is -2.35. The third-order valence-electron chi connectivity index (χ3n) is 4.98. The van der Waals surface area contributed by atoms with Gasteiger partial charge in [-0.3, -0.25) is 0 Å². The molecule has 1 unspecified atom stereocenters. The number of ether oxygens (including phenoxy) is 3. The summed E-state index contributed by atoms with van der Waals surface area (Å²) in [6.45, 7) is 4.32. The molecule has 0 amide bonds. The van der Waals surface area contributed by atoms with E-state index in [0.29, 0.717) is 18.1 Å². The first kappa shape index (κ1) is 17.5. The Labute approximate surface area is 158 Å². The van der Waals surface area contributed by atoms with Crippen LogP contribution in [-0.2, 0) is 4.74 Å². The van der Waals surface area contributed by atoms with Gasteiger partial charge >= 0.3 is 0 Å². The number of benzene rings is 2. The van der Waals surface area contributed by atoms with Gasteiger partial charge in [0, 0.05) is 24.5 Å². The first-order chi connectivity index (χ1) is 13.2. The minimum atomic E-state index is 0.0303. The number of anilines is 1. The quantitative estimate of drug-likeness (QED) is 0.705. The number of fused-ring (bicyclic) bond motifs is 1. The van der Waals surface area contributed by atoms with E-state index < -0.39 is 0 Å². The van der Waals surface area contributed by atoms with Gasteiger partial charge in [0.2, 0.25) is 0 Å². The molecule has 140 valence electrons. The van der Waals surface area contributed by atoms with E-state index >= 15 is 0 Å². The fraction of sp³-hybridized carbons (Fsp3) is 0.333. The lowest BCUT2D eigenvalue weighted by molar-refractivity contribution is 0.0398. The second-order valence-corrected chi connectivity index (χ2v) is 6.67. The summed E-state index contributed by atoms with van der Waals surface area (Å²) in [4.78, 5) is 2.30. The van der Waals surface area contributed by atoms with Crippen LogP contribution < -0.4 is 14.4 Å². The van der Waals surface area contributed by atoms with E-state index in [-0.39, 0.29) is 6.10 Å². The molecule has 2 heterocycles. The molecule has 2 aromatic carbocycles. The molecule has 1 atom stereocenters. The molecule has 1 aliphatic rings. The lowest BCUT2D eigenvalue weighted by atomic mass is 10.1. The van der Waals surface area contributed by atoms with Crippen LogP contribution in [0.5, 0.6) is 11.5 Å². The molecule has 0 radical (unpaired) electrons. The van der Waals surface area contributed by atoms with Crippen molar-refractivity contribution < 1.29 is 14.2 Å². The largest absolute Gasteiger partial charge is 0.493 e. The Hall–Kier alpha value is -2.86. The monoisotopic (exact) mass is 365 g/mol. The van der Waals surface area contributed by atoms with Gasteiger partial charge < -0.3 is 19.1 Å². The zero-order chi connectivity index (χ0) is 18.8. The topological polar surface area (TPSA) is 56.7 Å². The third-order valence-corrected chi connectivity index (χ3v) is 4.98. The number of aryl methyl sites for hydroxylation is 1. The molecule has 27 heavy (non-hydrogen) atoms. The summed E-state index contributed by atoms with van der Waals surface area (Å²) in [6, 6.07) is 12.4. The van der Waals surface area contributed by atoms with Crippen LogP contribution in [0, 0.1) is 6.92 Å². The van der Waals surface area contributed by atoms with Gasteiger partial charge in [0.25, 0.3) is 0 Å². The van der Waals surface area contributed by atoms with E-state index in [1.807, 2.05) is 18.3 Å². The summed E-state index contributed by atoms with van der Waals surface area (Å²) < 4.78 is 16.9. The van der Waals surface area contributed by atoms with Gasteiger partial charge in [0.1, 0.15) is 6.10 Å². The van der Waals surface area contributed by atoms with Crippen molar-refractivity contribution in [3.05, 3.63) is 53.7 Å². The second-order valence-electron chi connectivity index (χ2n) is 6.67. The average Bonchev–Trinajstić information content (AvgIpc) is 2.72. The smallest absolute Gasteiger partial charge is 0.162 e. The van der Waals surface area contributed by atoms with Gasteiger partial charge in [0.05, 0.1) is 38.2 Å². The van der Waals surface area contributed by atoms with Crippen LogP contribution in [0.1, 0.15) is 17.2 Å². The zero-order valence-corrected chi connectivity index (χ0v) is 15.8. The summed E-state index contributed by atoms with van der Waals surface area (Å²) in [5, 5.41) is 9.46. The lowest BCUT2D eigenvalue weighted by Crippen LogP contribution is -2.38. The third kappa shape index (κ3) is 3.40. The van der Waals surface area contributed by atoms with Crippen LogP contribution in [0.25, 0.3) is 10.9 Å². The first-order valence-electron chi connectivity index (χ1n) is 9.00. The molecule has 3 aromatic rings. The van der Waals surface area contributed by atoms with Crippen molar-refractivity contribution in [3.8, 4) is 11.5 Å². The predicted octanol–water partition coefficient (Wildman–Crippen LogP) is 3.53. The van der Waals surface area contributed by atoms with Crippen molar-refractivity contribution in [2.24, 2.45) is 0 Å². The molecule has 0 spiro atoms. The van der Waals surface area contributed by atoms with Crippen molar-refractivity contribution >= 4 is 16.6 Å². The maximum absolute atomic E-state index is 6.03. The van der Waals surface area contributed by atoms with Gasteiger partial charge in [0.15, 0.2) is 11.5 Å². The molecule has 0 aliphatic carbocycles. The Balaban J connectivity index is 1.69. The minimum absolute atomic E-state index is 0.0303. The van der Waals surface area contributed by atoms with Crippen LogP contribution in [-0.4, -0.2) is 44.1 Å². The number of hydrogen-bond acceptors (Lipinski definition) is 6. The van der Waals surface area contributed by atoms with E-state index in [0.717, 1.165) is 29.7 Å². The zero-order valence-electron chi connectivity index (χ0n) is 15.8. The minimum Gasteiger partial charge on any atom is -0.493 e. The maximum Gasteiger partial charge on any atom is 0.162 e. The molecule has 4 rings (SSSR count). The molecule has 0 saturated carbocycles.